The van der Waals surface area contributed by atoms with Gasteiger partial charge in [0, 0.05) is 21.1 Å². The molecule has 0 aliphatic rings. The highest BCUT2D eigenvalue weighted by molar-refractivity contribution is 5.79. The van der Waals surface area contributed by atoms with Crippen LogP contribution < -0.4 is 15.5 Å². The number of nitrogens with one attached hydrogen (secondary N) is 2. The van der Waals surface area contributed by atoms with Crippen molar-refractivity contribution in [3.05, 3.63) is 40.7 Å². The van der Waals surface area contributed by atoms with Crippen molar-refractivity contribution in [3.8, 4) is 0 Å². The third-order valence-corrected chi connectivity index (χ3v) is 2.88. The Kier molecular flexibility index (Phi) is 4.17. The fourth-order valence-electron chi connectivity index (χ4n) is 1.92. The molecule has 0 unspecified atom stereocenters. The van der Waals surface area contributed by atoms with Crippen LogP contribution in [0.1, 0.15) is 0 Å². The van der Waals surface area contributed by atoms with Gasteiger partial charge in [0.1, 0.15) is 6.33 Å². The molecule has 21 heavy (non-hydrogen) atoms. The van der Waals surface area contributed by atoms with Crippen molar-refractivity contribution in [2.45, 2.75) is 0 Å². The molecule has 0 aliphatic heterocycles. The molecule has 8 nitrogen and oxygen atoms in total. The van der Waals surface area contributed by atoms with E-state index in [0.29, 0.717) is 0 Å². The fraction of sp³-hybridized carbons (Fsp3) is 0.231. The lowest BCUT2D eigenvalue weighted by molar-refractivity contribution is -0.383. The maximum atomic E-state index is 11.2. The predicted molar refractivity (Wildman–Crippen MR) is 82.3 cm³/mol. The quantitative estimate of drug-likeness (QED) is 0.643. The van der Waals surface area contributed by atoms with Crippen LogP contribution in [-0.2, 0) is 0 Å². The van der Waals surface area contributed by atoms with Gasteiger partial charge in [-0.3, -0.25) is 10.1 Å². The standard InChI is InChI=1S/C13H16N6O2/c1-14-12-11(19(20)21)13(16-8-15-12)17-9-6-4-5-7-10(9)18(2)3/h4-8H,1-3H3,(H2,14,15,16,17). The highest BCUT2D eigenvalue weighted by atomic mass is 16.6. The lowest BCUT2D eigenvalue weighted by Crippen LogP contribution is -2.12. The van der Waals surface area contributed by atoms with Gasteiger partial charge in [-0.25, -0.2) is 9.97 Å². The number of para-hydroxylation sites is 2. The Morgan fingerprint density at radius 1 is 1.19 bits per heavy atom. The van der Waals surface area contributed by atoms with Crippen molar-refractivity contribution < 1.29 is 4.92 Å². The summed E-state index contributed by atoms with van der Waals surface area (Å²) >= 11 is 0. The van der Waals surface area contributed by atoms with Crippen LogP contribution in [0.25, 0.3) is 0 Å². The Balaban J connectivity index is 2.48. The largest absolute Gasteiger partial charge is 0.376 e. The van der Waals surface area contributed by atoms with E-state index in [1.807, 2.05) is 43.3 Å². The molecule has 0 fully saturated rings. The molecule has 0 spiro atoms. The molecule has 1 aromatic heterocycles. The van der Waals surface area contributed by atoms with E-state index >= 15 is 0 Å². The number of hydrogen-bond acceptors (Lipinski definition) is 7. The number of nitro groups is 1. The fourth-order valence-corrected chi connectivity index (χ4v) is 1.92. The minimum atomic E-state index is -0.508. The molecule has 8 heteroatoms. The average molecular weight is 288 g/mol. The van der Waals surface area contributed by atoms with E-state index in [9.17, 15) is 10.1 Å². The van der Waals surface area contributed by atoms with Crippen molar-refractivity contribution in [2.75, 3.05) is 36.7 Å². The van der Waals surface area contributed by atoms with E-state index < -0.39 is 4.92 Å². The SMILES string of the molecule is CNc1ncnc(Nc2ccccc2N(C)C)c1[N+](=O)[O-]. The summed E-state index contributed by atoms with van der Waals surface area (Å²) in [4.78, 5) is 20.5. The molecule has 2 N–H and O–H groups in total. The first-order valence-corrected chi connectivity index (χ1v) is 6.25. The molecule has 0 aliphatic carbocycles. The minimum absolute atomic E-state index is 0.147. The average Bonchev–Trinajstić information content (AvgIpc) is 2.47. The Hall–Kier alpha value is -2.90. The normalized spacial score (nSPS) is 10.0. The van der Waals surface area contributed by atoms with Gasteiger partial charge in [-0.15, -0.1) is 0 Å². The van der Waals surface area contributed by atoms with Crippen molar-refractivity contribution in [1.29, 1.82) is 0 Å². The Morgan fingerprint density at radius 3 is 2.48 bits per heavy atom. The summed E-state index contributed by atoms with van der Waals surface area (Å²) in [5.74, 6) is 0.313. The first-order chi connectivity index (χ1) is 10.0. The number of anilines is 4. The van der Waals surface area contributed by atoms with Crippen LogP contribution in [0.2, 0.25) is 0 Å². The summed E-state index contributed by atoms with van der Waals surface area (Å²) in [5.41, 5.74) is 1.44. The van der Waals surface area contributed by atoms with Gasteiger partial charge in [-0.05, 0) is 12.1 Å². The maximum absolute atomic E-state index is 11.2. The highest BCUT2D eigenvalue weighted by Crippen LogP contribution is 2.33. The molecule has 0 bridgehead atoms. The van der Waals surface area contributed by atoms with Crippen LogP contribution in [0, 0.1) is 10.1 Å². The second-order valence-electron chi connectivity index (χ2n) is 4.46. The topological polar surface area (TPSA) is 96.2 Å². The highest BCUT2D eigenvalue weighted by Gasteiger charge is 2.22. The van der Waals surface area contributed by atoms with E-state index in [1.165, 1.54) is 6.33 Å². The van der Waals surface area contributed by atoms with Crippen LogP contribution in [0.15, 0.2) is 30.6 Å². The van der Waals surface area contributed by atoms with Crippen LogP contribution in [0.5, 0.6) is 0 Å². The summed E-state index contributed by atoms with van der Waals surface area (Å²) in [5, 5.41) is 16.9. The predicted octanol–water partition coefficient (Wildman–Crippen LogP) is 2.24. The third-order valence-electron chi connectivity index (χ3n) is 2.88. The molecule has 2 rings (SSSR count). The number of nitrogens with zero attached hydrogens (tertiary/aromatic N) is 4. The van der Waals surface area contributed by atoms with Crippen molar-refractivity contribution in [2.24, 2.45) is 0 Å². The summed E-state index contributed by atoms with van der Waals surface area (Å²) in [6.07, 6.45) is 1.28. The molecular weight excluding hydrogens is 272 g/mol. The van der Waals surface area contributed by atoms with E-state index in [0.717, 1.165) is 11.4 Å². The Bertz CT molecular complexity index is 659. The number of aromatic nitrogens is 2. The molecule has 0 radical (unpaired) electrons. The Morgan fingerprint density at radius 2 is 1.86 bits per heavy atom. The second-order valence-corrected chi connectivity index (χ2v) is 4.46. The monoisotopic (exact) mass is 288 g/mol. The van der Waals surface area contributed by atoms with Gasteiger partial charge in [-0.2, -0.15) is 0 Å². The molecular formula is C13H16N6O2. The maximum Gasteiger partial charge on any atom is 0.353 e. The van der Waals surface area contributed by atoms with Gasteiger partial charge < -0.3 is 15.5 Å². The van der Waals surface area contributed by atoms with E-state index in [-0.39, 0.29) is 17.3 Å². The molecule has 2 aromatic rings. The smallest absolute Gasteiger partial charge is 0.353 e. The lowest BCUT2D eigenvalue weighted by Gasteiger charge is -2.18. The molecule has 0 amide bonds. The molecule has 110 valence electrons. The van der Waals surface area contributed by atoms with E-state index in [2.05, 4.69) is 20.6 Å². The van der Waals surface area contributed by atoms with Crippen molar-refractivity contribution in [1.82, 2.24) is 9.97 Å². The molecule has 0 atom stereocenters. The summed E-state index contributed by atoms with van der Waals surface area (Å²) in [6.45, 7) is 0. The number of rotatable bonds is 5. The van der Waals surface area contributed by atoms with Crippen molar-refractivity contribution >= 4 is 28.7 Å². The van der Waals surface area contributed by atoms with Gasteiger partial charge in [0.25, 0.3) is 0 Å². The first-order valence-electron chi connectivity index (χ1n) is 6.25. The van der Waals surface area contributed by atoms with Gasteiger partial charge in [0.2, 0.25) is 11.6 Å². The zero-order valence-electron chi connectivity index (χ0n) is 12.0. The van der Waals surface area contributed by atoms with Gasteiger partial charge in [0.15, 0.2) is 0 Å². The first kappa shape index (κ1) is 14.5. The Labute approximate surface area is 122 Å². The summed E-state index contributed by atoms with van der Waals surface area (Å²) in [7, 11) is 5.37. The lowest BCUT2D eigenvalue weighted by atomic mass is 10.2. The second kappa shape index (κ2) is 6.04. The zero-order valence-corrected chi connectivity index (χ0v) is 12.0. The van der Waals surface area contributed by atoms with Crippen LogP contribution in [0.4, 0.5) is 28.7 Å². The van der Waals surface area contributed by atoms with Crippen LogP contribution >= 0.6 is 0 Å². The molecule has 1 heterocycles. The molecule has 1 aromatic carbocycles. The van der Waals surface area contributed by atoms with Gasteiger partial charge >= 0.3 is 5.69 Å². The zero-order chi connectivity index (χ0) is 15.4. The van der Waals surface area contributed by atoms with E-state index in [1.54, 1.807) is 7.05 Å². The third kappa shape index (κ3) is 2.99. The molecule has 0 saturated heterocycles. The van der Waals surface area contributed by atoms with Crippen LogP contribution in [0.3, 0.4) is 0 Å². The summed E-state index contributed by atoms with van der Waals surface area (Å²) < 4.78 is 0. The molecule has 0 saturated carbocycles. The van der Waals surface area contributed by atoms with Gasteiger partial charge in [-0.1, -0.05) is 12.1 Å². The van der Waals surface area contributed by atoms with E-state index in [4.69, 9.17) is 0 Å². The number of benzene rings is 1. The van der Waals surface area contributed by atoms with Gasteiger partial charge in [0.05, 0.1) is 16.3 Å². The van der Waals surface area contributed by atoms with Crippen LogP contribution in [-0.4, -0.2) is 36.0 Å². The number of hydrogen-bond donors (Lipinski definition) is 2. The van der Waals surface area contributed by atoms with Crippen molar-refractivity contribution in [3.63, 3.8) is 0 Å². The summed E-state index contributed by atoms with van der Waals surface area (Å²) in [6, 6.07) is 7.49. The minimum Gasteiger partial charge on any atom is -0.376 e.